The first-order valence-electron chi connectivity index (χ1n) is 8.07. The molecule has 0 fully saturated rings. The number of aryl methyl sites for hydroxylation is 1. The predicted molar refractivity (Wildman–Crippen MR) is 102 cm³/mol. The van der Waals surface area contributed by atoms with E-state index in [1.165, 1.54) is 0 Å². The molecular formula is C19H21BrN2O3. The quantitative estimate of drug-likeness (QED) is 0.784. The third kappa shape index (κ3) is 4.39. The van der Waals surface area contributed by atoms with Crippen LogP contribution in [0, 0.1) is 6.92 Å². The lowest BCUT2D eigenvalue weighted by molar-refractivity contribution is 0.0772. The van der Waals surface area contributed by atoms with Gasteiger partial charge in [0.15, 0.2) is 0 Å². The summed E-state index contributed by atoms with van der Waals surface area (Å²) in [5.41, 5.74) is 2.03. The van der Waals surface area contributed by atoms with E-state index in [2.05, 4.69) is 21.2 Å². The van der Waals surface area contributed by atoms with E-state index in [-0.39, 0.29) is 17.2 Å². The Labute approximate surface area is 155 Å². The monoisotopic (exact) mass is 404 g/mol. The van der Waals surface area contributed by atoms with Crippen molar-refractivity contribution in [1.29, 1.82) is 0 Å². The number of carbonyl (C=O) groups excluding carboxylic acids is 2. The zero-order valence-corrected chi connectivity index (χ0v) is 16.1. The summed E-state index contributed by atoms with van der Waals surface area (Å²) in [5.74, 6) is -0.630. The van der Waals surface area contributed by atoms with Crippen LogP contribution in [0.1, 0.15) is 40.1 Å². The SMILES string of the molecule is CCN(CC)C(=O)c1cccc(NC(=O)c2cc(C)cc(Br)c2O)c1. The molecule has 0 bridgehead atoms. The fourth-order valence-corrected chi connectivity index (χ4v) is 3.10. The van der Waals surface area contributed by atoms with Gasteiger partial charge in [0.2, 0.25) is 0 Å². The summed E-state index contributed by atoms with van der Waals surface area (Å²) < 4.78 is 0.461. The standard InChI is InChI=1S/C19H21BrN2O3/c1-4-22(5-2)19(25)13-7-6-8-14(11-13)21-18(24)15-9-12(3)10-16(20)17(15)23/h6-11,23H,4-5H2,1-3H3,(H,21,24). The number of phenols is 1. The van der Waals surface area contributed by atoms with Crippen molar-refractivity contribution in [3.05, 3.63) is 57.6 Å². The number of hydrogen-bond acceptors (Lipinski definition) is 3. The van der Waals surface area contributed by atoms with Crippen molar-refractivity contribution in [2.45, 2.75) is 20.8 Å². The molecule has 2 amide bonds. The fourth-order valence-electron chi connectivity index (χ4n) is 2.53. The average molecular weight is 405 g/mol. The Morgan fingerprint density at radius 1 is 1.16 bits per heavy atom. The van der Waals surface area contributed by atoms with Gasteiger partial charge in [-0.3, -0.25) is 9.59 Å². The van der Waals surface area contributed by atoms with E-state index in [1.54, 1.807) is 41.3 Å². The van der Waals surface area contributed by atoms with E-state index in [4.69, 9.17) is 0 Å². The lowest BCUT2D eigenvalue weighted by atomic mass is 10.1. The molecule has 0 atom stereocenters. The lowest BCUT2D eigenvalue weighted by Crippen LogP contribution is -2.30. The molecule has 0 saturated heterocycles. The van der Waals surface area contributed by atoms with Gasteiger partial charge in [0.05, 0.1) is 10.0 Å². The summed E-state index contributed by atoms with van der Waals surface area (Å²) in [6, 6.07) is 10.1. The molecule has 132 valence electrons. The van der Waals surface area contributed by atoms with E-state index >= 15 is 0 Å². The second kappa shape index (κ2) is 8.16. The van der Waals surface area contributed by atoms with Crippen LogP contribution in [0.3, 0.4) is 0 Å². The summed E-state index contributed by atoms with van der Waals surface area (Å²) in [5, 5.41) is 12.8. The van der Waals surface area contributed by atoms with Gasteiger partial charge in [-0.1, -0.05) is 6.07 Å². The van der Waals surface area contributed by atoms with Crippen LogP contribution < -0.4 is 5.32 Å². The number of aromatic hydroxyl groups is 1. The van der Waals surface area contributed by atoms with Gasteiger partial charge in [0.1, 0.15) is 5.75 Å². The minimum atomic E-state index is -0.436. The van der Waals surface area contributed by atoms with Crippen molar-refractivity contribution >= 4 is 33.4 Å². The summed E-state index contributed by atoms with van der Waals surface area (Å²) in [6.07, 6.45) is 0. The topological polar surface area (TPSA) is 69.6 Å². The minimum absolute atomic E-state index is 0.0813. The number of rotatable bonds is 5. The molecule has 0 unspecified atom stereocenters. The third-order valence-corrected chi connectivity index (χ3v) is 4.47. The van der Waals surface area contributed by atoms with Gasteiger partial charge in [0.25, 0.3) is 11.8 Å². The Morgan fingerprint density at radius 2 is 1.84 bits per heavy atom. The first kappa shape index (κ1) is 19.0. The zero-order chi connectivity index (χ0) is 18.6. The van der Waals surface area contributed by atoms with Gasteiger partial charge in [-0.2, -0.15) is 0 Å². The highest BCUT2D eigenvalue weighted by Gasteiger charge is 2.16. The van der Waals surface area contributed by atoms with Crippen molar-refractivity contribution in [3.63, 3.8) is 0 Å². The number of anilines is 1. The molecule has 0 spiro atoms. The molecule has 0 aliphatic carbocycles. The number of nitrogens with one attached hydrogen (secondary N) is 1. The van der Waals surface area contributed by atoms with Crippen LogP contribution >= 0.6 is 15.9 Å². The summed E-state index contributed by atoms with van der Waals surface area (Å²) in [4.78, 5) is 26.6. The lowest BCUT2D eigenvalue weighted by Gasteiger charge is -2.19. The van der Waals surface area contributed by atoms with Crippen LogP contribution in [0.2, 0.25) is 0 Å². The Balaban J connectivity index is 2.25. The molecule has 0 saturated carbocycles. The van der Waals surface area contributed by atoms with Crippen LogP contribution in [0.15, 0.2) is 40.9 Å². The predicted octanol–water partition coefficient (Wildman–Crippen LogP) is 4.20. The van der Waals surface area contributed by atoms with Crippen molar-refractivity contribution in [2.75, 3.05) is 18.4 Å². The molecule has 2 aromatic carbocycles. The highest BCUT2D eigenvalue weighted by atomic mass is 79.9. The molecule has 0 radical (unpaired) electrons. The Bertz CT molecular complexity index is 801. The normalized spacial score (nSPS) is 10.4. The van der Waals surface area contributed by atoms with Crippen molar-refractivity contribution in [2.24, 2.45) is 0 Å². The molecule has 6 heteroatoms. The molecule has 0 aliphatic rings. The van der Waals surface area contributed by atoms with Crippen LogP contribution in [0.5, 0.6) is 5.75 Å². The Kier molecular flexibility index (Phi) is 6.20. The zero-order valence-electron chi connectivity index (χ0n) is 14.5. The third-order valence-electron chi connectivity index (χ3n) is 3.87. The number of hydrogen-bond donors (Lipinski definition) is 2. The summed E-state index contributed by atoms with van der Waals surface area (Å²) >= 11 is 3.23. The molecule has 0 aliphatic heterocycles. The maximum Gasteiger partial charge on any atom is 0.259 e. The van der Waals surface area contributed by atoms with Crippen molar-refractivity contribution in [1.82, 2.24) is 4.90 Å². The van der Waals surface area contributed by atoms with Crippen LogP contribution in [0.4, 0.5) is 5.69 Å². The number of amides is 2. The largest absolute Gasteiger partial charge is 0.506 e. The van der Waals surface area contributed by atoms with E-state index in [0.717, 1.165) is 5.56 Å². The first-order valence-corrected chi connectivity index (χ1v) is 8.86. The molecule has 5 nitrogen and oxygen atoms in total. The van der Waals surface area contributed by atoms with Gasteiger partial charge in [-0.15, -0.1) is 0 Å². The number of benzene rings is 2. The number of carbonyl (C=O) groups is 2. The molecule has 2 rings (SSSR count). The number of phenolic OH excluding ortho intramolecular Hbond substituents is 1. The minimum Gasteiger partial charge on any atom is -0.506 e. The second-order valence-electron chi connectivity index (χ2n) is 5.66. The van der Waals surface area contributed by atoms with E-state index < -0.39 is 5.91 Å². The maximum absolute atomic E-state index is 12.5. The van der Waals surface area contributed by atoms with Gasteiger partial charge in [-0.25, -0.2) is 0 Å². The fraction of sp³-hybridized carbons (Fsp3) is 0.263. The molecule has 25 heavy (non-hydrogen) atoms. The maximum atomic E-state index is 12.5. The van der Waals surface area contributed by atoms with Gasteiger partial charge in [-0.05, 0) is 72.6 Å². The molecule has 0 heterocycles. The molecule has 2 aromatic rings. The molecule has 2 N–H and O–H groups in total. The van der Waals surface area contributed by atoms with E-state index in [1.807, 2.05) is 20.8 Å². The van der Waals surface area contributed by atoms with Crippen LogP contribution in [-0.4, -0.2) is 34.9 Å². The van der Waals surface area contributed by atoms with Crippen molar-refractivity contribution < 1.29 is 14.7 Å². The summed E-state index contributed by atoms with van der Waals surface area (Å²) in [6.45, 7) is 6.93. The molecular weight excluding hydrogens is 384 g/mol. The van der Waals surface area contributed by atoms with E-state index in [9.17, 15) is 14.7 Å². The van der Waals surface area contributed by atoms with Crippen LogP contribution in [-0.2, 0) is 0 Å². The highest BCUT2D eigenvalue weighted by molar-refractivity contribution is 9.10. The second-order valence-corrected chi connectivity index (χ2v) is 6.51. The number of halogens is 1. The van der Waals surface area contributed by atoms with Crippen LogP contribution in [0.25, 0.3) is 0 Å². The van der Waals surface area contributed by atoms with Gasteiger partial charge in [0, 0.05) is 24.3 Å². The summed E-state index contributed by atoms with van der Waals surface area (Å²) in [7, 11) is 0. The average Bonchev–Trinajstić information content (AvgIpc) is 2.59. The Hall–Kier alpha value is -2.34. The Morgan fingerprint density at radius 3 is 2.48 bits per heavy atom. The number of nitrogens with zero attached hydrogens (tertiary/aromatic N) is 1. The first-order chi connectivity index (χ1) is 11.9. The van der Waals surface area contributed by atoms with Crippen molar-refractivity contribution in [3.8, 4) is 5.75 Å². The van der Waals surface area contributed by atoms with E-state index in [0.29, 0.717) is 28.8 Å². The van der Waals surface area contributed by atoms with Gasteiger partial charge < -0.3 is 15.3 Å². The smallest absolute Gasteiger partial charge is 0.259 e. The van der Waals surface area contributed by atoms with Gasteiger partial charge >= 0.3 is 0 Å². The highest BCUT2D eigenvalue weighted by Crippen LogP contribution is 2.30. The molecule has 0 aromatic heterocycles.